The van der Waals surface area contributed by atoms with Crippen LogP contribution in [0.25, 0.3) is 0 Å². The number of anilines is 2. The Morgan fingerprint density at radius 3 is 2.53 bits per heavy atom. The van der Waals surface area contributed by atoms with Gasteiger partial charge in [-0.1, -0.05) is 6.08 Å². The van der Waals surface area contributed by atoms with Crippen LogP contribution in [0.3, 0.4) is 0 Å². The molecule has 2 aromatic rings. The van der Waals surface area contributed by atoms with E-state index >= 15 is 0 Å². The van der Waals surface area contributed by atoms with Gasteiger partial charge in [-0.3, -0.25) is 0 Å². The Morgan fingerprint density at radius 2 is 1.93 bits per heavy atom. The normalized spacial score (nSPS) is 16.7. The van der Waals surface area contributed by atoms with Crippen LogP contribution < -0.4 is 5.32 Å². The maximum atomic E-state index is 12.3. The molecule has 3 rings (SSSR count). The first kappa shape index (κ1) is 21.5. The van der Waals surface area contributed by atoms with Gasteiger partial charge in [0.1, 0.15) is 17.2 Å². The van der Waals surface area contributed by atoms with Crippen LogP contribution in [0.4, 0.5) is 16.4 Å². The maximum Gasteiger partial charge on any atom is 0.435 e. The summed E-state index contributed by atoms with van der Waals surface area (Å²) in [5, 5.41) is 16.5. The number of aryl methyl sites for hydroxylation is 2. The number of rotatable bonds is 4. The number of carboxylic acids is 1. The molecule has 0 aliphatic heterocycles. The van der Waals surface area contributed by atoms with Gasteiger partial charge < -0.3 is 15.2 Å². The minimum Gasteiger partial charge on any atom is -0.478 e. The summed E-state index contributed by atoms with van der Waals surface area (Å²) < 4.78 is 6.58. The quantitative estimate of drug-likeness (QED) is 0.769. The molecule has 2 aromatic heterocycles. The third-order valence-corrected chi connectivity index (χ3v) is 4.63. The summed E-state index contributed by atoms with van der Waals surface area (Å²) >= 11 is 0. The summed E-state index contributed by atoms with van der Waals surface area (Å²) in [7, 11) is 0. The van der Waals surface area contributed by atoms with Crippen LogP contribution in [0, 0.1) is 13.8 Å². The monoisotopic (exact) mass is 413 g/mol. The Hall–Kier alpha value is -3.23. The second-order valence-corrected chi connectivity index (χ2v) is 8.45. The number of carbonyl (C=O) groups excluding carboxylic acids is 1. The molecule has 160 valence electrons. The average Bonchev–Trinajstić information content (AvgIpc) is 3.00. The molecule has 1 atom stereocenters. The van der Waals surface area contributed by atoms with Crippen LogP contribution in [0.15, 0.2) is 23.8 Å². The number of hydrogen-bond acceptors (Lipinski definition) is 7. The zero-order chi connectivity index (χ0) is 22.1. The van der Waals surface area contributed by atoms with E-state index in [-0.39, 0.29) is 5.92 Å². The van der Waals surface area contributed by atoms with Gasteiger partial charge in [0, 0.05) is 35.0 Å². The maximum absolute atomic E-state index is 12.3. The molecule has 9 heteroatoms. The average molecular weight is 413 g/mol. The standard InChI is InChI=1S/C21H27N5O4/c1-12-10-16(24-18(22-12)14-6-8-15(9-7-14)19(27)28)23-17-11-13(2)26(25-17)20(29)30-21(3,4)5/h8,10-11,14H,6-7,9H2,1-5H3,(H,27,28)(H,22,23,24,25). The molecule has 2 N–H and O–H groups in total. The number of aliphatic carboxylic acids is 1. The molecular formula is C21H27N5O4. The van der Waals surface area contributed by atoms with Crippen molar-refractivity contribution in [3.05, 3.63) is 41.0 Å². The smallest absolute Gasteiger partial charge is 0.435 e. The van der Waals surface area contributed by atoms with Gasteiger partial charge in [-0.25, -0.2) is 19.6 Å². The van der Waals surface area contributed by atoms with Gasteiger partial charge in [0.15, 0.2) is 5.82 Å². The molecule has 0 spiro atoms. The molecule has 0 saturated carbocycles. The molecule has 9 nitrogen and oxygen atoms in total. The van der Waals surface area contributed by atoms with E-state index in [9.17, 15) is 9.59 Å². The topological polar surface area (TPSA) is 119 Å². The van der Waals surface area contributed by atoms with E-state index in [2.05, 4.69) is 20.4 Å². The van der Waals surface area contributed by atoms with Crippen molar-refractivity contribution in [2.45, 2.75) is 65.4 Å². The van der Waals surface area contributed by atoms with E-state index in [0.717, 1.165) is 5.69 Å². The summed E-state index contributed by atoms with van der Waals surface area (Å²) in [5.74, 6) is 0.909. The highest BCUT2D eigenvalue weighted by Crippen LogP contribution is 2.31. The number of nitrogens with zero attached hydrogens (tertiary/aromatic N) is 4. The summed E-state index contributed by atoms with van der Waals surface area (Å²) in [5.41, 5.74) is 1.26. The van der Waals surface area contributed by atoms with Crippen molar-refractivity contribution in [3.8, 4) is 0 Å². The minimum absolute atomic E-state index is 0.0645. The predicted molar refractivity (Wildman–Crippen MR) is 111 cm³/mol. The van der Waals surface area contributed by atoms with Gasteiger partial charge >= 0.3 is 12.1 Å². The molecule has 0 aromatic carbocycles. The molecule has 0 fully saturated rings. The number of nitrogens with one attached hydrogen (secondary N) is 1. The second-order valence-electron chi connectivity index (χ2n) is 8.45. The molecule has 1 unspecified atom stereocenters. The van der Waals surface area contributed by atoms with Crippen LogP contribution in [0.1, 0.15) is 63.2 Å². The summed E-state index contributed by atoms with van der Waals surface area (Å²) in [6.45, 7) is 9.05. The largest absolute Gasteiger partial charge is 0.478 e. The van der Waals surface area contributed by atoms with E-state index in [4.69, 9.17) is 9.84 Å². The van der Waals surface area contributed by atoms with Gasteiger partial charge in [0.05, 0.1) is 0 Å². The Bertz CT molecular complexity index is 1000. The lowest BCUT2D eigenvalue weighted by atomic mass is 9.89. The van der Waals surface area contributed by atoms with Crippen molar-refractivity contribution in [2.75, 3.05) is 5.32 Å². The Kier molecular flexibility index (Phi) is 5.91. The molecule has 0 bridgehead atoms. The molecule has 1 aliphatic carbocycles. The van der Waals surface area contributed by atoms with Crippen molar-refractivity contribution in [1.82, 2.24) is 19.7 Å². The Morgan fingerprint density at radius 1 is 1.20 bits per heavy atom. The lowest BCUT2D eigenvalue weighted by Crippen LogP contribution is -2.28. The van der Waals surface area contributed by atoms with E-state index in [0.29, 0.717) is 48.0 Å². The Labute approximate surface area is 175 Å². The molecule has 0 saturated heterocycles. The van der Waals surface area contributed by atoms with E-state index < -0.39 is 17.7 Å². The van der Waals surface area contributed by atoms with Gasteiger partial charge in [0.25, 0.3) is 0 Å². The number of allylic oxidation sites excluding steroid dienone is 1. The first-order valence-electron chi connectivity index (χ1n) is 9.87. The first-order chi connectivity index (χ1) is 14.0. The van der Waals surface area contributed by atoms with E-state index in [1.54, 1.807) is 45.9 Å². The van der Waals surface area contributed by atoms with E-state index in [1.165, 1.54) is 4.68 Å². The zero-order valence-corrected chi connectivity index (χ0v) is 17.9. The molecule has 1 aliphatic rings. The number of carbonyl (C=O) groups is 2. The van der Waals surface area contributed by atoms with Gasteiger partial charge in [-0.15, -0.1) is 5.10 Å². The number of carboxylic acid groups (broad SMARTS) is 1. The molecular weight excluding hydrogens is 386 g/mol. The second kappa shape index (κ2) is 8.25. The number of ether oxygens (including phenoxy) is 1. The summed E-state index contributed by atoms with van der Waals surface area (Å²) in [6.07, 6.45) is 2.99. The lowest BCUT2D eigenvalue weighted by Gasteiger charge is -2.20. The lowest BCUT2D eigenvalue weighted by molar-refractivity contribution is -0.132. The van der Waals surface area contributed by atoms with Crippen LogP contribution in [-0.2, 0) is 9.53 Å². The fourth-order valence-corrected chi connectivity index (χ4v) is 3.26. The van der Waals surface area contributed by atoms with E-state index in [1.807, 2.05) is 6.92 Å². The summed E-state index contributed by atoms with van der Waals surface area (Å²) in [4.78, 5) is 32.6. The molecule has 2 heterocycles. The summed E-state index contributed by atoms with van der Waals surface area (Å²) in [6, 6.07) is 3.54. The van der Waals surface area contributed by atoms with Crippen LogP contribution >= 0.6 is 0 Å². The van der Waals surface area contributed by atoms with Crippen molar-refractivity contribution in [2.24, 2.45) is 0 Å². The molecule has 0 radical (unpaired) electrons. The minimum atomic E-state index is -0.864. The van der Waals surface area contributed by atoms with Gasteiger partial charge in [-0.2, -0.15) is 4.68 Å². The van der Waals surface area contributed by atoms with Gasteiger partial charge in [0.2, 0.25) is 0 Å². The van der Waals surface area contributed by atoms with Crippen molar-refractivity contribution in [3.63, 3.8) is 0 Å². The van der Waals surface area contributed by atoms with Crippen molar-refractivity contribution >= 4 is 23.7 Å². The number of aromatic nitrogens is 4. The molecule has 0 amide bonds. The fourth-order valence-electron chi connectivity index (χ4n) is 3.26. The predicted octanol–water partition coefficient (Wildman–Crippen LogP) is 4.10. The van der Waals surface area contributed by atoms with Crippen LogP contribution in [0.2, 0.25) is 0 Å². The third-order valence-electron chi connectivity index (χ3n) is 4.63. The van der Waals surface area contributed by atoms with Crippen LogP contribution in [0.5, 0.6) is 0 Å². The first-order valence-corrected chi connectivity index (χ1v) is 9.87. The fraction of sp³-hybridized carbons (Fsp3) is 0.476. The van der Waals surface area contributed by atoms with Crippen molar-refractivity contribution in [1.29, 1.82) is 0 Å². The van der Waals surface area contributed by atoms with Crippen molar-refractivity contribution < 1.29 is 19.4 Å². The van der Waals surface area contributed by atoms with Crippen LogP contribution in [-0.4, -0.2) is 42.5 Å². The highest BCUT2D eigenvalue weighted by Gasteiger charge is 2.23. The highest BCUT2D eigenvalue weighted by molar-refractivity contribution is 5.86. The number of hydrogen-bond donors (Lipinski definition) is 2. The zero-order valence-electron chi connectivity index (χ0n) is 17.9. The Balaban J connectivity index is 1.78. The third kappa shape index (κ3) is 5.22. The highest BCUT2D eigenvalue weighted by atomic mass is 16.6. The van der Waals surface area contributed by atoms with Gasteiger partial charge in [-0.05, 0) is 53.9 Å². The SMILES string of the molecule is Cc1cc(Nc2cc(C)n(C(=O)OC(C)(C)C)n2)nc(C2CC=C(C(=O)O)CC2)n1. The molecule has 30 heavy (non-hydrogen) atoms.